The lowest BCUT2D eigenvalue weighted by Crippen LogP contribution is -2.50. The molecule has 122 valence electrons. The number of β-amino-alcohol motifs (C(OH)–C–C–N with tert-alkyl or cyclic N) is 1. The molecular formula is C18H23N3O2. The number of rotatable bonds is 4. The van der Waals surface area contributed by atoms with E-state index in [1.165, 1.54) is 0 Å². The number of carbonyl (C=O) groups is 1. The zero-order valence-electron chi connectivity index (χ0n) is 13.5. The average molecular weight is 313 g/mol. The second-order valence-corrected chi connectivity index (χ2v) is 6.04. The Balaban J connectivity index is 1.70. The normalized spacial score (nSPS) is 17.4. The largest absolute Gasteiger partial charge is 0.392 e. The van der Waals surface area contributed by atoms with Gasteiger partial charge in [-0.15, -0.1) is 0 Å². The molecule has 1 aliphatic heterocycles. The molecule has 1 atom stereocenters. The monoisotopic (exact) mass is 313 g/mol. The van der Waals surface area contributed by atoms with E-state index >= 15 is 0 Å². The maximum atomic E-state index is 12.8. The molecule has 1 fully saturated rings. The number of nitrogens with zero attached hydrogens (tertiary/aromatic N) is 3. The molecule has 1 aliphatic rings. The molecule has 1 amide bonds. The van der Waals surface area contributed by atoms with Gasteiger partial charge in [0, 0.05) is 44.3 Å². The number of carbonyl (C=O) groups excluding carboxylic acids is 1. The SMILES string of the molecule is CC[C@H](O)CN1CCN(C(=O)c2nccc3ccccc23)CC1. The van der Waals surface area contributed by atoms with Gasteiger partial charge in [-0.05, 0) is 17.9 Å². The van der Waals surface area contributed by atoms with Gasteiger partial charge in [0.2, 0.25) is 0 Å². The molecule has 3 rings (SSSR count). The van der Waals surface area contributed by atoms with Crippen LogP contribution in [-0.4, -0.2) is 64.6 Å². The van der Waals surface area contributed by atoms with Crippen LogP contribution in [0.25, 0.3) is 10.8 Å². The quantitative estimate of drug-likeness (QED) is 0.934. The van der Waals surface area contributed by atoms with E-state index in [9.17, 15) is 9.90 Å². The Morgan fingerprint density at radius 1 is 1.22 bits per heavy atom. The Kier molecular flexibility index (Phi) is 4.88. The molecule has 0 saturated carbocycles. The molecule has 5 nitrogen and oxygen atoms in total. The topological polar surface area (TPSA) is 56.7 Å². The number of fused-ring (bicyclic) bond motifs is 1. The van der Waals surface area contributed by atoms with Crippen LogP contribution in [-0.2, 0) is 0 Å². The summed E-state index contributed by atoms with van der Waals surface area (Å²) in [6, 6.07) is 9.77. The van der Waals surface area contributed by atoms with Gasteiger partial charge in [-0.3, -0.25) is 14.7 Å². The maximum absolute atomic E-state index is 12.8. The van der Waals surface area contributed by atoms with Crippen LogP contribution < -0.4 is 0 Å². The van der Waals surface area contributed by atoms with Crippen molar-refractivity contribution in [2.75, 3.05) is 32.7 Å². The highest BCUT2D eigenvalue weighted by Crippen LogP contribution is 2.18. The Morgan fingerprint density at radius 3 is 2.70 bits per heavy atom. The highest BCUT2D eigenvalue weighted by Gasteiger charge is 2.24. The van der Waals surface area contributed by atoms with Crippen LogP contribution in [0.3, 0.4) is 0 Å². The summed E-state index contributed by atoms with van der Waals surface area (Å²) in [5.41, 5.74) is 0.533. The number of benzene rings is 1. The fraction of sp³-hybridized carbons (Fsp3) is 0.444. The second-order valence-electron chi connectivity index (χ2n) is 6.04. The first-order chi connectivity index (χ1) is 11.2. The van der Waals surface area contributed by atoms with Gasteiger partial charge in [-0.2, -0.15) is 0 Å². The minimum absolute atomic E-state index is 0.00232. The molecular weight excluding hydrogens is 290 g/mol. The van der Waals surface area contributed by atoms with Gasteiger partial charge in [0.25, 0.3) is 5.91 Å². The van der Waals surface area contributed by atoms with E-state index in [1.54, 1.807) is 6.20 Å². The molecule has 1 aromatic carbocycles. The van der Waals surface area contributed by atoms with Gasteiger partial charge < -0.3 is 10.0 Å². The first kappa shape index (κ1) is 15.9. The summed E-state index contributed by atoms with van der Waals surface area (Å²) in [4.78, 5) is 21.2. The van der Waals surface area contributed by atoms with E-state index in [2.05, 4.69) is 9.88 Å². The van der Waals surface area contributed by atoms with Crippen molar-refractivity contribution in [3.63, 3.8) is 0 Å². The van der Waals surface area contributed by atoms with Gasteiger partial charge in [0.15, 0.2) is 0 Å². The molecule has 23 heavy (non-hydrogen) atoms. The van der Waals surface area contributed by atoms with Crippen LogP contribution in [0.4, 0.5) is 0 Å². The highest BCUT2D eigenvalue weighted by molar-refractivity contribution is 6.05. The molecule has 5 heteroatoms. The van der Waals surface area contributed by atoms with Gasteiger partial charge in [-0.1, -0.05) is 31.2 Å². The summed E-state index contributed by atoms with van der Waals surface area (Å²) in [5.74, 6) is -0.00232. The summed E-state index contributed by atoms with van der Waals surface area (Å²) < 4.78 is 0. The molecule has 0 aliphatic carbocycles. The molecule has 1 aromatic heterocycles. The van der Waals surface area contributed by atoms with E-state index in [4.69, 9.17) is 0 Å². The van der Waals surface area contributed by atoms with E-state index in [0.29, 0.717) is 25.3 Å². The third-order valence-electron chi connectivity index (χ3n) is 4.48. The summed E-state index contributed by atoms with van der Waals surface area (Å²) in [6.07, 6.45) is 2.18. The number of amides is 1. The van der Waals surface area contributed by atoms with Crippen molar-refractivity contribution in [1.29, 1.82) is 0 Å². The molecule has 2 aromatic rings. The Bertz CT molecular complexity index is 676. The second kappa shape index (κ2) is 7.06. The predicted octanol–water partition coefficient (Wildman–Crippen LogP) is 1.76. The van der Waals surface area contributed by atoms with Crippen LogP contribution in [0, 0.1) is 0 Å². The van der Waals surface area contributed by atoms with Gasteiger partial charge in [0.05, 0.1) is 6.10 Å². The Morgan fingerprint density at radius 2 is 1.96 bits per heavy atom. The van der Waals surface area contributed by atoms with Crippen molar-refractivity contribution in [3.05, 3.63) is 42.2 Å². The molecule has 0 bridgehead atoms. The zero-order chi connectivity index (χ0) is 16.2. The van der Waals surface area contributed by atoms with E-state index in [0.717, 1.165) is 30.3 Å². The van der Waals surface area contributed by atoms with Crippen molar-refractivity contribution in [3.8, 4) is 0 Å². The fourth-order valence-electron chi connectivity index (χ4n) is 3.00. The van der Waals surface area contributed by atoms with Gasteiger partial charge in [0.1, 0.15) is 5.69 Å². The minimum Gasteiger partial charge on any atom is -0.392 e. The summed E-state index contributed by atoms with van der Waals surface area (Å²) in [6.45, 7) is 5.63. The lowest BCUT2D eigenvalue weighted by molar-refractivity contribution is 0.0521. The number of piperazine rings is 1. The molecule has 0 spiro atoms. The molecule has 1 saturated heterocycles. The maximum Gasteiger partial charge on any atom is 0.273 e. The lowest BCUT2D eigenvalue weighted by atomic mass is 10.1. The standard InChI is InChI=1S/C18H23N3O2/c1-2-15(22)13-20-9-11-21(12-10-20)18(23)17-16-6-4-3-5-14(16)7-8-19-17/h3-8,15,22H,2,9-13H2,1H3/t15-/m0/s1. The lowest BCUT2D eigenvalue weighted by Gasteiger charge is -2.35. The first-order valence-corrected chi connectivity index (χ1v) is 8.22. The van der Waals surface area contributed by atoms with Crippen molar-refractivity contribution >= 4 is 16.7 Å². The number of hydrogen-bond donors (Lipinski definition) is 1. The van der Waals surface area contributed by atoms with Crippen molar-refractivity contribution in [2.45, 2.75) is 19.4 Å². The summed E-state index contributed by atoms with van der Waals surface area (Å²) >= 11 is 0. The fourth-order valence-corrected chi connectivity index (χ4v) is 3.00. The third-order valence-corrected chi connectivity index (χ3v) is 4.48. The summed E-state index contributed by atoms with van der Waals surface area (Å²) in [7, 11) is 0. The predicted molar refractivity (Wildman–Crippen MR) is 90.4 cm³/mol. The highest BCUT2D eigenvalue weighted by atomic mass is 16.3. The summed E-state index contributed by atoms with van der Waals surface area (Å²) in [5, 5.41) is 11.7. The van der Waals surface area contributed by atoms with Crippen molar-refractivity contribution < 1.29 is 9.90 Å². The third kappa shape index (κ3) is 3.51. The van der Waals surface area contributed by atoms with E-state index in [1.807, 2.05) is 42.2 Å². The number of aliphatic hydroxyl groups is 1. The van der Waals surface area contributed by atoms with Crippen LogP contribution in [0.2, 0.25) is 0 Å². The van der Waals surface area contributed by atoms with Gasteiger partial charge >= 0.3 is 0 Å². The van der Waals surface area contributed by atoms with E-state index < -0.39 is 0 Å². The molecule has 2 heterocycles. The number of aliphatic hydroxyl groups excluding tert-OH is 1. The van der Waals surface area contributed by atoms with Crippen LogP contribution in [0.5, 0.6) is 0 Å². The molecule has 1 N–H and O–H groups in total. The van der Waals surface area contributed by atoms with Gasteiger partial charge in [-0.25, -0.2) is 0 Å². The first-order valence-electron chi connectivity index (χ1n) is 8.22. The molecule has 0 radical (unpaired) electrons. The number of hydrogen-bond acceptors (Lipinski definition) is 4. The minimum atomic E-state index is -0.281. The Labute approximate surface area is 136 Å². The average Bonchev–Trinajstić information content (AvgIpc) is 2.61. The molecule has 0 unspecified atom stereocenters. The van der Waals surface area contributed by atoms with Crippen LogP contribution in [0.15, 0.2) is 36.5 Å². The van der Waals surface area contributed by atoms with Crippen molar-refractivity contribution in [1.82, 2.24) is 14.8 Å². The zero-order valence-corrected chi connectivity index (χ0v) is 13.5. The number of pyridine rings is 1. The van der Waals surface area contributed by atoms with Crippen LogP contribution >= 0.6 is 0 Å². The van der Waals surface area contributed by atoms with E-state index in [-0.39, 0.29) is 12.0 Å². The number of aromatic nitrogens is 1. The van der Waals surface area contributed by atoms with Crippen molar-refractivity contribution in [2.24, 2.45) is 0 Å². The Hall–Kier alpha value is -1.98. The smallest absolute Gasteiger partial charge is 0.273 e. The van der Waals surface area contributed by atoms with Crippen LogP contribution in [0.1, 0.15) is 23.8 Å².